The van der Waals surface area contributed by atoms with Crippen molar-refractivity contribution >= 4 is 0 Å². The molecule has 2 atom stereocenters. The summed E-state index contributed by atoms with van der Waals surface area (Å²) in [5.74, 6) is 0. The van der Waals surface area contributed by atoms with Crippen molar-refractivity contribution in [2.45, 2.75) is 18.6 Å². The van der Waals surface area contributed by atoms with Crippen molar-refractivity contribution in [2.75, 3.05) is 46.5 Å². The minimum absolute atomic E-state index is 0.355. The molecule has 0 aromatic heterocycles. The fourth-order valence-electron chi connectivity index (χ4n) is 2.34. The number of hydrogen-bond donors (Lipinski definition) is 1. The second-order valence-electron chi connectivity index (χ2n) is 4.00. The van der Waals surface area contributed by atoms with E-state index in [0.29, 0.717) is 12.1 Å². The normalized spacial score (nSPS) is 35.8. The van der Waals surface area contributed by atoms with Crippen LogP contribution < -0.4 is 5.32 Å². The summed E-state index contributed by atoms with van der Waals surface area (Å²) in [6.45, 7) is 6.01. The molecule has 2 saturated heterocycles. The Morgan fingerprint density at radius 3 is 3.07 bits per heavy atom. The molecule has 82 valence electrons. The van der Waals surface area contributed by atoms with Crippen molar-refractivity contribution in [3.8, 4) is 0 Å². The molecule has 0 spiro atoms. The van der Waals surface area contributed by atoms with Gasteiger partial charge in [0.15, 0.2) is 0 Å². The third-order valence-electron chi connectivity index (χ3n) is 3.16. The topological polar surface area (TPSA) is 33.7 Å². The molecule has 0 aliphatic carbocycles. The molecule has 4 heteroatoms. The average Bonchev–Trinajstić information content (AvgIpc) is 2.52. The van der Waals surface area contributed by atoms with E-state index in [2.05, 4.69) is 10.2 Å². The van der Waals surface area contributed by atoms with Crippen LogP contribution in [0.5, 0.6) is 0 Å². The molecule has 0 aromatic rings. The summed E-state index contributed by atoms with van der Waals surface area (Å²) < 4.78 is 10.9. The van der Waals surface area contributed by atoms with Gasteiger partial charge in [0.25, 0.3) is 0 Å². The van der Waals surface area contributed by atoms with Crippen LogP contribution in [0.2, 0.25) is 0 Å². The number of ether oxygens (including phenoxy) is 2. The molecule has 14 heavy (non-hydrogen) atoms. The van der Waals surface area contributed by atoms with Crippen molar-refractivity contribution in [1.29, 1.82) is 0 Å². The molecule has 2 unspecified atom stereocenters. The van der Waals surface area contributed by atoms with Crippen molar-refractivity contribution in [2.24, 2.45) is 0 Å². The van der Waals surface area contributed by atoms with E-state index in [1.165, 1.54) is 0 Å². The molecule has 0 aromatic carbocycles. The Labute approximate surface area is 85.5 Å². The Kier molecular flexibility index (Phi) is 3.75. The molecular weight excluding hydrogens is 180 g/mol. The Hall–Kier alpha value is -0.160. The third kappa shape index (κ3) is 2.25. The first-order valence-electron chi connectivity index (χ1n) is 5.47. The summed E-state index contributed by atoms with van der Waals surface area (Å²) in [5, 5.41) is 3.38. The summed E-state index contributed by atoms with van der Waals surface area (Å²) in [6, 6.07) is 0.543. The molecule has 2 rings (SSSR count). The summed E-state index contributed by atoms with van der Waals surface area (Å²) in [4.78, 5) is 2.50. The Bertz CT molecular complexity index is 170. The molecule has 2 aliphatic heterocycles. The lowest BCUT2D eigenvalue weighted by Crippen LogP contribution is -2.45. The third-order valence-corrected chi connectivity index (χ3v) is 3.16. The smallest absolute Gasteiger partial charge is 0.0862 e. The van der Waals surface area contributed by atoms with Gasteiger partial charge in [0.05, 0.1) is 12.7 Å². The summed E-state index contributed by atoms with van der Waals surface area (Å²) in [7, 11) is 1.80. The minimum atomic E-state index is 0.355. The van der Waals surface area contributed by atoms with Crippen molar-refractivity contribution in [3.63, 3.8) is 0 Å². The van der Waals surface area contributed by atoms with Crippen molar-refractivity contribution in [1.82, 2.24) is 10.2 Å². The zero-order valence-corrected chi connectivity index (χ0v) is 8.87. The van der Waals surface area contributed by atoms with E-state index in [-0.39, 0.29) is 0 Å². The second-order valence-corrected chi connectivity index (χ2v) is 4.00. The van der Waals surface area contributed by atoms with E-state index < -0.39 is 0 Å². The second kappa shape index (κ2) is 5.07. The zero-order chi connectivity index (χ0) is 9.80. The maximum atomic E-state index is 5.47. The highest BCUT2D eigenvalue weighted by Crippen LogP contribution is 2.13. The monoisotopic (exact) mass is 200 g/mol. The molecular formula is C10H20N2O2. The van der Waals surface area contributed by atoms with E-state index in [1.54, 1.807) is 7.11 Å². The van der Waals surface area contributed by atoms with Crippen LogP contribution in [-0.4, -0.2) is 63.5 Å². The van der Waals surface area contributed by atoms with Crippen molar-refractivity contribution in [3.05, 3.63) is 0 Å². The average molecular weight is 200 g/mol. The van der Waals surface area contributed by atoms with E-state index in [0.717, 1.165) is 45.8 Å². The summed E-state index contributed by atoms with van der Waals surface area (Å²) in [5.41, 5.74) is 0. The maximum Gasteiger partial charge on any atom is 0.0862 e. The van der Waals surface area contributed by atoms with Gasteiger partial charge in [-0.1, -0.05) is 0 Å². The predicted octanol–water partition coefficient (Wildman–Crippen LogP) is -0.304. The van der Waals surface area contributed by atoms with Crippen LogP contribution in [0, 0.1) is 0 Å². The molecule has 0 bridgehead atoms. The first kappa shape index (κ1) is 10.4. The standard InChI is InChI=1S/C10H20N2O2/c1-13-10-8-11-7-9(10)12-3-2-5-14-6-4-12/h9-11H,2-8H2,1H3. The molecule has 2 fully saturated rings. The van der Waals surface area contributed by atoms with Crippen LogP contribution in [0.25, 0.3) is 0 Å². The van der Waals surface area contributed by atoms with Gasteiger partial charge < -0.3 is 14.8 Å². The lowest BCUT2D eigenvalue weighted by molar-refractivity contribution is 0.0420. The molecule has 0 amide bonds. The fraction of sp³-hybridized carbons (Fsp3) is 1.00. The number of rotatable bonds is 2. The van der Waals surface area contributed by atoms with E-state index >= 15 is 0 Å². The highest BCUT2D eigenvalue weighted by atomic mass is 16.5. The first-order valence-corrected chi connectivity index (χ1v) is 5.47. The molecule has 2 aliphatic rings. The van der Waals surface area contributed by atoms with Gasteiger partial charge in [0.2, 0.25) is 0 Å². The van der Waals surface area contributed by atoms with Crippen molar-refractivity contribution < 1.29 is 9.47 Å². The quantitative estimate of drug-likeness (QED) is 0.663. The zero-order valence-electron chi connectivity index (χ0n) is 8.87. The number of nitrogens with zero attached hydrogens (tertiary/aromatic N) is 1. The lowest BCUT2D eigenvalue weighted by Gasteiger charge is -2.29. The minimum Gasteiger partial charge on any atom is -0.380 e. The van der Waals surface area contributed by atoms with Gasteiger partial charge in [0, 0.05) is 45.9 Å². The maximum absolute atomic E-state index is 5.47. The first-order chi connectivity index (χ1) is 6.92. The van der Waals surface area contributed by atoms with Gasteiger partial charge in [-0.15, -0.1) is 0 Å². The largest absolute Gasteiger partial charge is 0.380 e. The lowest BCUT2D eigenvalue weighted by atomic mass is 10.1. The SMILES string of the molecule is COC1CNCC1N1CCCOCC1. The highest BCUT2D eigenvalue weighted by molar-refractivity contribution is 4.90. The molecule has 0 saturated carbocycles. The van der Waals surface area contributed by atoms with Crippen LogP contribution in [0.15, 0.2) is 0 Å². The van der Waals surface area contributed by atoms with Gasteiger partial charge in [-0.25, -0.2) is 0 Å². The van der Waals surface area contributed by atoms with E-state index in [4.69, 9.17) is 9.47 Å². The van der Waals surface area contributed by atoms with Gasteiger partial charge in [-0.05, 0) is 6.42 Å². The number of hydrogen-bond acceptors (Lipinski definition) is 4. The Morgan fingerprint density at radius 2 is 2.21 bits per heavy atom. The Balaban J connectivity index is 1.91. The van der Waals surface area contributed by atoms with Gasteiger partial charge in [-0.2, -0.15) is 0 Å². The van der Waals surface area contributed by atoms with Gasteiger partial charge in [-0.3, -0.25) is 4.90 Å². The van der Waals surface area contributed by atoms with Crippen LogP contribution in [0.4, 0.5) is 0 Å². The van der Waals surface area contributed by atoms with E-state index in [9.17, 15) is 0 Å². The molecule has 2 heterocycles. The van der Waals surface area contributed by atoms with Crippen LogP contribution in [0.1, 0.15) is 6.42 Å². The number of nitrogens with one attached hydrogen (secondary N) is 1. The Morgan fingerprint density at radius 1 is 1.29 bits per heavy atom. The number of methoxy groups -OCH3 is 1. The van der Waals surface area contributed by atoms with Crippen LogP contribution in [0.3, 0.4) is 0 Å². The predicted molar refractivity (Wildman–Crippen MR) is 54.5 cm³/mol. The van der Waals surface area contributed by atoms with Crippen LogP contribution in [-0.2, 0) is 9.47 Å². The van der Waals surface area contributed by atoms with Gasteiger partial charge in [0.1, 0.15) is 0 Å². The summed E-state index contributed by atoms with van der Waals surface area (Å²) >= 11 is 0. The highest BCUT2D eigenvalue weighted by Gasteiger charge is 2.32. The molecule has 1 N–H and O–H groups in total. The fourth-order valence-corrected chi connectivity index (χ4v) is 2.34. The van der Waals surface area contributed by atoms with Crippen LogP contribution >= 0.6 is 0 Å². The van der Waals surface area contributed by atoms with Gasteiger partial charge >= 0.3 is 0 Å². The van der Waals surface area contributed by atoms with E-state index in [1.807, 2.05) is 0 Å². The molecule has 0 radical (unpaired) electrons. The summed E-state index contributed by atoms with van der Waals surface area (Å²) in [6.07, 6.45) is 1.50. The molecule has 4 nitrogen and oxygen atoms in total.